The summed E-state index contributed by atoms with van der Waals surface area (Å²) >= 11 is 0. The van der Waals surface area contributed by atoms with E-state index in [1.54, 1.807) is 0 Å². The summed E-state index contributed by atoms with van der Waals surface area (Å²) in [6.07, 6.45) is 3.82. The van der Waals surface area contributed by atoms with Gasteiger partial charge in [0.2, 0.25) is 0 Å². The third-order valence-corrected chi connectivity index (χ3v) is 5.43. The largest absolute Gasteiger partial charge is 0.469 e. The smallest absolute Gasteiger partial charge is 0.310 e. The second-order valence-corrected chi connectivity index (χ2v) is 7.60. The number of methoxy groups -OCH3 is 1. The number of ether oxygens (including phenoxy) is 1. The Morgan fingerprint density at radius 1 is 1.34 bits per heavy atom. The third kappa shape index (κ3) is 5.16. The van der Waals surface area contributed by atoms with Crippen LogP contribution in [-0.4, -0.2) is 53.1 Å². The number of carbonyl (C=O) groups excluding carboxylic acids is 1. The summed E-state index contributed by atoms with van der Waals surface area (Å²) in [6, 6.07) is 8.49. The molecule has 2 heterocycles. The molecule has 7 nitrogen and oxygen atoms in total. The average Bonchev–Trinajstić information content (AvgIpc) is 3.30. The van der Waals surface area contributed by atoms with Gasteiger partial charge in [-0.15, -0.1) is 0 Å². The number of aromatic nitrogens is 2. The zero-order valence-corrected chi connectivity index (χ0v) is 17.8. The third-order valence-electron chi connectivity index (χ3n) is 5.43. The molecule has 7 heteroatoms. The predicted molar refractivity (Wildman–Crippen MR) is 114 cm³/mol. The van der Waals surface area contributed by atoms with Gasteiger partial charge < -0.3 is 19.5 Å². The molecule has 0 bridgehead atoms. The molecular formula is C22H31N5O2. The molecule has 2 unspecified atom stereocenters. The lowest BCUT2D eigenvalue weighted by Crippen LogP contribution is -2.40. The molecule has 1 aromatic carbocycles. The van der Waals surface area contributed by atoms with Crippen LogP contribution in [0.15, 0.2) is 41.7 Å². The molecule has 0 amide bonds. The van der Waals surface area contributed by atoms with Crippen molar-refractivity contribution in [3.63, 3.8) is 0 Å². The Morgan fingerprint density at radius 3 is 2.83 bits per heavy atom. The molecule has 3 rings (SSSR count). The highest BCUT2D eigenvalue weighted by atomic mass is 16.5. The van der Waals surface area contributed by atoms with Crippen LogP contribution in [0.25, 0.3) is 0 Å². The standard InChI is InChI=1S/C22H31N5O2/c1-5-23-22(27-13-16(2)20(15-27)21(28)29-4)25-12-18-7-6-8-19(11-18)14-26-10-9-24-17(26)3/h6-11,16,20H,5,12-15H2,1-4H3,(H,23,25). The van der Waals surface area contributed by atoms with Gasteiger partial charge in [0, 0.05) is 38.6 Å². The Labute approximate surface area is 172 Å². The molecule has 1 fully saturated rings. The van der Waals surface area contributed by atoms with Crippen molar-refractivity contribution in [3.8, 4) is 0 Å². The molecule has 29 heavy (non-hydrogen) atoms. The molecule has 1 saturated heterocycles. The number of esters is 1. The van der Waals surface area contributed by atoms with E-state index in [1.165, 1.54) is 12.7 Å². The van der Waals surface area contributed by atoms with Crippen molar-refractivity contribution < 1.29 is 9.53 Å². The average molecular weight is 398 g/mol. The molecule has 0 radical (unpaired) electrons. The Bertz CT molecular complexity index is 860. The van der Waals surface area contributed by atoms with Gasteiger partial charge in [-0.05, 0) is 30.9 Å². The number of aliphatic imine (C=N–C) groups is 1. The molecule has 2 aromatic rings. The number of hydrogen-bond acceptors (Lipinski definition) is 4. The highest BCUT2D eigenvalue weighted by Crippen LogP contribution is 2.24. The second kappa shape index (κ2) is 9.58. The summed E-state index contributed by atoms with van der Waals surface area (Å²) in [6.45, 7) is 9.77. The highest BCUT2D eigenvalue weighted by Gasteiger charge is 2.36. The van der Waals surface area contributed by atoms with Gasteiger partial charge in [-0.2, -0.15) is 0 Å². The maximum Gasteiger partial charge on any atom is 0.310 e. The van der Waals surface area contributed by atoms with Crippen molar-refractivity contribution in [3.05, 3.63) is 53.6 Å². The van der Waals surface area contributed by atoms with Crippen LogP contribution in [0.5, 0.6) is 0 Å². The number of carbonyl (C=O) groups is 1. The Hall–Kier alpha value is -2.83. The number of benzene rings is 1. The molecule has 1 aliphatic rings. The number of aryl methyl sites for hydroxylation is 1. The molecular weight excluding hydrogens is 366 g/mol. The van der Waals surface area contributed by atoms with E-state index < -0.39 is 0 Å². The van der Waals surface area contributed by atoms with Gasteiger partial charge in [-0.3, -0.25) is 4.79 Å². The van der Waals surface area contributed by atoms with Crippen molar-refractivity contribution in [2.75, 3.05) is 26.7 Å². The second-order valence-electron chi connectivity index (χ2n) is 7.60. The SMILES string of the molecule is CCNC(=NCc1cccc(Cn2ccnc2C)c1)N1CC(C)C(C(=O)OC)C1. The summed E-state index contributed by atoms with van der Waals surface area (Å²) in [4.78, 5) is 23.3. The number of nitrogens with zero attached hydrogens (tertiary/aromatic N) is 4. The molecule has 1 aromatic heterocycles. The van der Waals surface area contributed by atoms with Crippen molar-refractivity contribution in [1.29, 1.82) is 0 Å². The fourth-order valence-electron chi connectivity index (χ4n) is 3.78. The first-order valence-electron chi connectivity index (χ1n) is 10.2. The van der Waals surface area contributed by atoms with Crippen molar-refractivity contribution in [2.24, 2.45) is 16.8 Å². The first kappa shape index (κ1) is 20.9. The monoisotopic (exact) mass is 397 g/mol. The number of rotatable bonds is 6. The highest BCUT2D eigenvalue weighted by molar-refractivity contribution is 5.82. The summed E-state index contributed by atoms with van der Waals surface area (Å²) in [5, 5.41) is 3.36. The van der Waals surface area contributed by atoms with Crippen molar-refractivity contribution >= 4 is 11.9 Å². The fourth-order valence-corrected chi connectivity index (χ4v) is 3.78. The van der Waals surface area contributed by atoms with E-state index >= 15 is 0 Å². The van der Waals surface area contributed by atoms with E-state index in [9.17, 15) is 4.79 Å². The summed E-state index contributed by atoms with van der Waals surface area (Å²) < 4.78 is 7.08. The maximum atomic E-state index is 12.0. The van der Waals surface area contributed by atoms with Crippen LogP contribution in [0.4, 0.5) is 0 Å². The Kier molecular flexibility index (Phi) is 6.90. The normalized spacial score (nSPS) is 19.4. The fraction of sp³-hybridized carbons (Fsp3) is 0.500. The summed E-state index contributed by atoms with van der Waals surface area (Å²) in [5.41, 5.74) is 2.39. The lowest BCUT2D eigenvalue weighted by molar-refractivity contribution is -0.145. The van der Waals surface area contributed by atoms with Crippen LogP contribution in [0.1, 0.15) is 30.8 Å². The Balaban J connectivity index is 1.70. The van der Waals surface area contributed by atoms with Crippen LogP contribution in [0, 0.1) is 18.8 Å². The zero-order chi connectivity index (χ0) is 20.8. The molecule has 1 N–H and O–H groups in total. The van der Waals surface area contributed by atoms with Crippen LogP contribution in [0.2, 0.25) is 0 Å². The number of imidazole rings is 1. The molecule has 156 valence electrons. The van der Waals surface area contributed by atoms with E-state index in [2.05, 4.69) is 57.9 Å². The van der Waals surface area contributed by atoms with Gasteiger partial charge in [-0.1, -0.05) is 31.2 Å². The number of nitrogens with one attached hydrogen (secondary N) is 1. The maximum absolute atomic E-state index is 12.0. The number of hydrogen-bond donors (Lipinski definition) is 1. The van der Waals surface area contributed by atoms with Gasteiger partial charge in [0.25, 0.3) is 0 Å². The topological polar surface area (TPSA) is 71.8 Å². The van der Waals surface area contributed by atoms with E-state index in [0.29, 0.717) is 13.1 Å². The first-order valence-corrected chi connectivity index (χ1v) is 10.2. The molecule has 0 spiro atoms. The first-order chi connectivity index (χ1) is 14.0. The van der Waals surface area contributed by atoms with Crippen LogP contribution in [0.3, 0.4) is 0 Å². The lowest BCUT2D eigenvalue weighted by atomic mass is 9.99. The molecule has 0 saturated carbocycles. The summed E-state index contributed by atoms with van der Waals surface area (Å²) in [5.74, 6) is 1.85. The van der Waals surface area contributed by atoms with Crippen molar-refractivity contribution in [2.45, 2.75) is 33.9 Å². The van der Waals surface area contributed by atoms with Crippen LogP contribution < -0.4 is 5.32 Å². The minimum Gasteiger partial charge on any atom is -0.469 e. The Morgan fingerprint density at radius 2 is 2.14 bits per heavy atom. The van der Waals surface area contributed by atoms with Crippen LogP contribution in [-0.2, 0) is 22.6 Å². The molecule has 0 aliphatic carbocycles. The van der Waals surface area contributed by atoms with E-state index in [4.69, 9.17) is 9.73 Å². The molecule has 2 atom stereocenters. The van der Waals surface area contributed by atoms with Crippen LogP contribution >= 0.6 is 0 Å². The van der Waals surface area contributed by atoms with E-state index in [-0.39, 0.29) is 17.8 Å². The van der Waals surface area contributed by atoms with Gasteiger partial charge in [-0.25, -0.2) is 9.98 Å². The number of likely N-dealkylation sites (tertiary alicyclic amines) is 1. The lowest BCUT2D eigenvalue weighted by Gasteiger charge is -2.21. The number of guanidine groups is 1. The summed E-state index contributed by atoms with van der Waals surface area (Å²) in [7, 11) is 1.45. The van der Waals surface area contributed by atoms with Gasteiger partial charge in [0.05, 0.1) is 19.6 Å². The molecule has 1 aliphatic heterocycles. The van der Waals surface area contributed by atoms with Gasteiger partial charge >= 0.3 is 5.97 Å². The van der Waals surface area contributed by atoms with Gasteiger partial charge in [0.1, 0.15) is 5.82 Å². The minimum atomic E-state index is -0.140. The quantitative estimate of drug-likeness (QED) is 0.461. The minimum absolute atomic E-state index is 0.106. The van der Waals surface area contributed by atoms with Crippen molar-refractivity contribution in [1.82, 2.24) is 19.8 Å². The van der Waals surface area contributed by atoms with Gasteiger partial charge in [0.15, 0.2) is 5.96 Å². The predicted octanol–water partition coefficient (Wildman–Crippen LogP) is 2.45. The zero-order valence-electron chi connectivity index (χ0n) is 17.8. The van der Waals surface area contributed by atoms with E-state index in [0.717, 1.165) is 37.0 Å². The van der Waals surface area contributed by atoms with E-state index in [1.807, 2.05) is 19.3 Å².